The van der Waals surface area contributed by atoms with Gasteiger partial charge >= 0.3 is 0 Å². The molecule has 0 bridgehead atoms. The highest BCUT2D eigenvalue weighted by Gasteiger charge is 2.06. The second kappa shape index (κ2) is 5.99. The summed E-state index contributed by atoms with van der Waals surface area (Å²) in [5.74, 6) is 0. The number of aliphatic imine (C=N–C) groups is 1. The first kappa shape index (κ1) is 13.8. The van der Waals surface area contributed by atoms with E-state index in [0.29, 0.717) is 22.1 Å². The fourth-order valence-corrected chi connectivity index (χ4v) is 2.15. The zero-order chi connectivity index (χ0) is 13.8. The predicted molar refractivity (Wildman–Crippen MR) is 84.2 cm³/mol. The topological polar surface area (TPSA) is 51.3 Å². The molecule has 0 fully saturated rings. The molecule has 0 saturated carbocycles. The quantitative estimate of drug-likeness (QED) is 0.678. The normalized spacial score (nSPS) is 11.4. The highest BCUT2D eigenvalue weighted by atomic mass is 79.9. The van der Waals surface area contributed by atoms with Crippen molar-refractivity contribution in [3.63, 3.8) is 0 Å². The number of nitrogen functional groups attached to an aromatic ring is 1. The maximum atomic E-state index is 6.18. The molecule has 0 aliphatic carbocycles. The van der Waals surface area contributed by atoms with Crippen LogP contribution in [0.1, 0.15) is 11.1 Å². The van der Waals surface area contributed by atoms with Crippen molar-refractivity contribution < 1.29 is 0 Å². The molecule has 0 spiro atoms. The first-order chi connectivity index (χ1) is 9.08. The Bertz CT molecular complexity index is 638. The molecule has 0 saturated heterocycles. The van der Waals surface area contributed by atoms with Gasteiger partial charge in [0.1, 0.15) is 5.17 Å². The van der Waals surface area contributed by atoms with E-state index in [4.69, 9.17) is 17.3 Å². The van der Waals surface area contributed by atoms with Gasteiger partial charge in [-0.05, 0) is 30.3 Å². The third kappa shape index (κ3) is 3.43. The molecule has 19 heavy (non-hydrogen) atoms. The summed E-state index contributed by atoms with van der Waals surface area (Å²) in [5, 5.41) is 0.304. The minimum Gasteiger partial charge on any atom is -0.398 e. The molecule has 0 aliphatic heterocycles. The zero-order valence-electron chi connectivity index (χ0n) is 9.98. The van der Waals surface area contributed by atoms with Gasteiger partial charge in [-0.1, -0.05) is 34.1 Å². The van der Waals surface area contributed by atoms with Gasteiger partial charge in [0.25, 0.3) is 0 Å². The Hall–Kier alpha value is -1.65. The number of hydrogen-bond acceptors (Lipinski definition) is 3. The van der Waals surface area contributed by atoms with Gasteiger partial charge in [0.15, 0.2) is 0 Å². The van der Waals surface area contributed by atoms with Gasteiger partial charge in [0.2, 0.25) is 0 Å². The summed E-state index contributed by atoms with van der Waals surface area (Å²) in [6, 6.07) is 9.13. The minimum atomic E-state index is 0.304. The SMILES string of the molecule is C=C(N=C(Cl)c1ccc(Br)cc1N)c1cccnc1. The van der Waals surface area contributed by atoms with E-state index >= 15 is 0 Å². The Morgan fingerprint density at radius 1 is 1.37 bits per heavy atom. The van der Waals surface area contributed by atoms with Gasteiger partial charge in [-0.25, -0.2) is 4.99 Å². The number of benzene rings is 1. The highest BCUT2D eigenvalue weighted by Crippen LogP contribution is 2.22. The van der Waals surface area contributed by atoms with E-state index in [-0.39, 0.29) is 0 Å². The maximum absolute atomic E-state index is 6.18. The van der Waals surface area contributed by atoms with E-state index in [9.17, 15) is 0 Å². The molecule has 96 valence electrons. The molecule has 0 amide bonds. The van der Waals surface area contributed by atoms with Gasteiger partial charge in [-0.3, -0.25) is 4.98 Å². The molecule has 5 heteroatoms. The van der Waals surface area contributed by atoms with Crippen LogP contribution in [-0.4, -0.2) is 10.2 Å². The van der Waals surface area contributed by atoms with Gasteiger partial charge < -0.3 is 5.73 Å². The average Bonchev–Trinajstić information content (AvgIpc) is 2.39. The number of nitrogens with zero attached hydrogens (tertiary/aromatic N) is 2. The van der Waals surface area contributed by atoms with E-state index in [1.807, 2.05) is 24.3 Å². The summed E-state index contributed by atoms with van der Waals surface area (Å²) >= 11 is 9.53. The summed E-state index contributed by atoms with van der Waals surface area (Å²) in [4.78, 5) is 8.27. The Morgan fingerprint density at radius 2 is 2.16 bits per heavy atom. The van der Waals surface area contributed by atoms with Crippen LogP contribution in [-0.2, 0) is 0 Å². The molecule has 2 N–H and O–H groups in total. The zero-order valence-corrected chi connectivity index (χ0v) is 12.3. The largest absolute Gasteiger partial charge is 0.398 e. The van der Waals surface area contributed by atoms with Gasteiger partial charge in [0, 0.05) is 33.7 Å². The lowest BCUT2D eigenvalue weighted by molar-refractivity contribution is 1.30. The number of halogens is 2. The Balaban J connectivity index is 2.31. The van der Waals surface area contributed by atoms with Crippen LogP contribution in [0, 0.1) is 0 Å². The van der Waals surface area contributed by atoms with Crippen molar-refractivity contribution in [2.45, 2.75) is 0 Å². The summed E-state index contributed by atoms with van der Waals surface area (Å²) in [5.41, 5.74) is 8.49. The third-order valence-corrected chi connectivity index (χ3v) is 3.25. The standard InChI is InChI=1S/C14H11BrClN3/c1-9(10-3-2-6-18-8-10)19-14(16)12-5-4-11(15)7-13(12)17/h2-8H,1,17H2. The number of anilines is 1. The van der Waals surface area contributed by atoms with Crippen molar-refractivity contribution in [2.24, 2.45) is 4.99 Å². The van der Waals surface area contributed by atoms with Gasteiger partial charge in [-0.2, -0.15) is 0 Å². The van der Waals surface area contributed by atoms with E-state index in [1.54, 1.807) is 18.5 Å². The molecular formula is C14H11BrClN3. The van der Waals surface area contributed by atoms with Crippen LogP contribution in [0.5, 0.6) is 0 Å². The van der Waals surface area contributed by atoms with E-state index < -0.39 is 0 Å². The molecule has 0 aliphatic rings. The lowest BCUT2D eigenvalue weighted by Gasteiger charge is -2.05. The second-order valence-electron chi connectivity index (χ2n) is 3.82. The number of aromatic nitrogens is 1. The van der Waals surface area contributed by atoms with Crippen LogP contribution < -0.4 is 5.73 Å². The fourth-order valence-electron chi connectivity index (χ4n) is 1.50. The molecule has 0 radical (unpaired) electrons. The molecule has 2 aromatic rings. The molecule has 0 unspecified atom stereocenters. The van der Waals surface area contributed by atoms with Crippen LogP contribution in [0.15, 0.2) is 58.8 Å². The van der Waals surface area contributed by atoms with Crippen LogP contribution >= 0.6 is 27.5 Å². The molecule has 2 rings (SSSR count). The van der Waals surface area contributed by atoms with Gasteiger partial charge in [0.05, 0.1) is 5.70 Å². The predicted octanol–water partition coefficient (Wildman–Crippen LogP) is 4.08. The fraction of sp³-hybridized carbons (Fsp3) is 0. The minimum absolute atomic E-state index is 0.304. The van der Waals surface area contributed by atoms with E-state index in [0.717, 1.165) is 10.0 Å². The van der Waals surface area contributed by atoms with Crippen molar-refractivity contribution in [3.05, 3.63) is 64.9 Å². The summed E-state index contributed by atoms with van der Waals surface area (Å²) < 4.78 is 0.893. The summed E-state index contributed by atoms with van der Waals surface area (Å²) in [6.45, 7) is 3.88. The molecular weight excluding hydrogens is 326 g/mol. The number of nitrogens with two attached hydrogens (primary N) is 1. The first-order valence-electron chi connectivity index (χ1n) is 5.47. The van der Waals surface area contributed by atoms with Crippen LogP contribution in [0.3, 0.4) is 0 Å². The second-order valence-corrected chi connectivity index (χ2v) is 5.10. The maximum Gasteiger partial charge on any atom is 0.139 e. The Kier molecular flexibility index (Phi) is 4.35. The van der Waals surface area contributed by atoms with Crippen molar-refractivity contribution >= 4 is 44.1 Å². The van der Waals surface area contributed by atoms with Crippen molar-refractivity contribution in [1.29, 1.82) is 0 Å². The van der Waals surface area contributed by atoms with Crippen LogP contribution in [0.2, 0.25) is 0 Å². The lowest BCUT2D eigenvalue weighted by Crippen LogP contribution is -1.99. The smallest absolute Gasteiger partial charge is 0.139 e. The number of rotatable bonds is 3. The summed E-state index contributed by atoms with van der Waals surface area (Å²) in [6.07, 6.45) is 3.37. The summed E-state index contributed by atoms with van der Waals surface area (Å²) in [7, 11) is 0. The molecule has 1 aromatic heterocycles. The van der Waals surface area contributed by atoms with Gasteiger partial charge in [-0.15, -0.1) is 0 Å². The Morgan fingerprint density at radius 3 is 2.79 bits per heavy atom. The van der Waals surface area contributed by atoms with Crippen LogP contribution in [0.25, 0.3) is 5.70 Å². The average molecular weight is 337 g/mol. The number of hydrogen-bond donors (Lipinski definition) is 1. The monoisotopic (exact) mass is 335 g/mol. The first-order valence-corrected chi connectivity index (χ1v) is 6.64. The molecule has 1 heterocycles. The molecule has 0 atom stereocenters. The van der Waals surface area contributed by atoms with E-state index in [1.165, 1.54) is 0 Å². The third-order valence-electron chi connectivity index (χ3n) is 2.46. The molecule has 3 nitrogen and oxygen atoms in total. The van der Waals surface area contributed by atoms with Crippen molar-refractivity contribution in [2.75, 3.05) is 5.73 Å². The Labute approximate surface area is 125 Å². The highest BCUT2D eigenvalue weighted by molar-refractivity contribution is 9.10. The van der Waals surface area contributed by atoms with Crippen molar-refractivity contribution in [3.8, 4) is 0 Å². The van der Waals surface area contributed by atoms with Crippen LogP contribution in [0.4, 0.5) is 5.69 Å². The van der Waals surface area contributed by atoms with E-state index in [2.05, 4.69) is 32.5 Å². The lowest BCUT2D eigenvalue weighted by atomic mass is 10.2. The number of pyridine rings is 1. The van der Waals surface area contributed by atoms with Crippen molar-refractivity contribution in [1.82, 2.24) is 4.98 Å². The molecule has 1 aromatic carbocycles.